The van der Waals surface area contributed by atoms with Gasteiger partial charge in [-0.3, -0.25) is 5.32 Å². The van der Waals surface area contributed by atoms with Crippen molar-refractivity contribution in [3.05, 3.63) is 11.8 Å². The molecule has 0 aliphatic carbocycles. The van der Waals surface area contributed by atoms with Crippen molar-refractivity contribution in [2.75, 3.05) is 19.4 Å². The molecule has 4 nitrogen and oxygen atoms in total. The molecule has 2 amide bonds. The topological polar surface area (TPSA) is 45.2 Å². The third-order valence-corrected chi connectivity index (χ3v) is 2.47. The first-order valence-corrected chi connectivity index (χ1v) is 5.23. The Morgan fingerprint density at radius 2 is 2.21 bits per heavy atom. The monoisotopic (exact) mass is 213 g/mol. The lowest BCUT2D eigenvalue weighted by Gasteiger charge is -2.09. The standard InChI is InChI=1S/C9H15N3OS/c1-6(2)7-5-8(14-11-7)10-9(13)12(3)4/h5-6H,1-4H3,(H,10,13). The Morgan fingerprint density at radius 3 is 2.64 bits per heavy atom. The highest BCUT2D eigenvalue weighted by Gasteiger charge is 2.09. The summed E-state index contributed by atoms with van der Waals surface area (Å²) < 4.78 is 4.24. The molecule has 0 saturated carbocycles. The van der Waals surface area contributed by atoms with Gasteiger partial charge in [0, 0.05) is 14.1 Å². The van der Waals surface area contributed by atoms with Gasteiger partial charge in [0.05, 0.1) is 5.69 Å². The molecule has 0 spiro atoms. The molecule has 0 fully saturated rings. The van der Waals surface area contributed by atoms with Crippen LogP contribution in [0.3, 0.4) is 0 Å². The summed E-state index contributed by atoms with van der Waals surface area (Å²) in [5, 5.41) is 3.56. The first-order valence-electron chi connectivity index (χ1n) is 4.45. The smallest absolute Gasteiger partial charge is 0.321 e. The van der Waals surface area contributed by atoms with E-state index in [1.165, 1.54) is 16.4 Å². The SMILES string of the molecule is CC(C)c1cc(NC(=O)N(C)C)sn1. The average molecular weight is 213 g/mol. The van der Waals surface area contributed by atoms with Gasteiger partial charge in [-0.15, -0.1) is 0 Å². The van der Waals surface area contributed by atoms with Crippen LogP contribution in [-0.2, 0) is 0 Å². The Kier molecular flexibility index (Phi) is 3.46. The van der Waals surface area contributed by atoms with E-state index < -0.39 is 0 Å². The highest BCUT2D eigenvalue weighted by Crippen LogP contribution is 2.22. The number of amides is 2. The number of nitrogens with zero attached hydrogens (tertiary/aromatic N) is 2. The van der Waals surface area contributed by atoms with Crippen molar-refractivity contribution >= 4 is 22.6 Å². The van der Waals surface area contributed by atoms with Crippen molar-refractivity contribution in [1.29, 1.82) is 0 Å². The van der Waals surface area contributed by atoms with Crippen molar-refractivity contribution in [2.45, 2.75) is 19.8 Å². The lowest BCUT2D eigenvalue weighted by Crippen LogP contribution is -2.26. The van der Waals surface area contributed by atoms with E-state index in [1.807, 2.05) is 6.07 Å². The second-order valence-corrected chi connectivity index (χ2v) is 4.40. The van der Waals surface area contributed by atoms with Gasteiger partial charge in [-0.25, -0.2) is 4.79 Å². The summed E-state index contributed by atoms with van der Waals surface area (Å²) in [6.07, 6.45) is 0. The van der Waals surface area contributed by atoms with Gasteiger partial charge in [0.25, 0.3) is 0 Å². The fraction of sp³-hybridized carbons (Fsp3) is 0.556. The number of carbonyl (C=O) groups is 1. The van der Waals surface area contributed by atoms with Crippen LogP contribution in [-0.4, -0.2) is 29.4 Å². The lowest BCUT2D eigenvalue weighted by molar-refractivity contribution is 0.231. The fourth-order valence-electron chi connectivity index (χ4n) is 0.837. The number of hydrogen-bond donors (Lipinski definition) is 1. The van der Waals surface area contributed by atoms with Gasteiger partial charge in [0.2, 0.25) is 0 Å². The molecule has 1 aromatic rings. The molecule has 1 heterocycles. The third kappa shape index (κ3) is 2.70. The molecule has 1 aromatic heterocycles. The van der Waals surface area contributed by atoms with Crippen molar-refractivity contribution in [1.82, 2.24) is 9.27 Å². The minimum Gasteiger partial charge on any atom is -0.331 e. The predicted molar refractivity (Wildman–Crippen MR) is 58.9 cm³/mol. The normalized spacial score (nSPS) is 10.4. The minimum atomic E-state index is -0.121. The first kappa shape index (κ1) is 11.0. The van der Waals surface area contributed by atoms with Crippen LogP contribution in [0, 0.1) is 0 Å². The van der Waals surface area contributed by atoms with Gasteiger partial charge in [0.1, 0.15) is 5.00 Å². The van der Waals surface area contributed by atoms with E-state index in [0.29, 0.717) is 5.92 Å². The quantitative estimate of drug-likeness (QED) is 0.819. The fourth-order valence-corrected chi connectivity index (χ4v) is 1.61. The summed E-state index contributed by atoms with van der Waals surface area (Å²) in [7, 11) is 3.42. The summed E-state index contributed by atoms with van der Waals surface area (Å²) in [6.45, 7) is 4.15. The van der Waals surface area contributed by atoms with E-state index >= 15 is 0 Å². The first-order chi connectivity index (χ1) is 6.50. The maximum Gasteiger partial charge on any atom is 0.321 e. The van der Waals surface area contributed by atoms with Crippen LogP contribution in [0.25, 0.3) is 0 Å². The van der Waals surface area contributed by atoms with E-state index in [1.54, 1.807) is 14.1 Å². The number of carbonyl (C=O) groups excluding carboxylic acids is 1. The van der Waals surface area contributed by atoms with Crippen LogP contribution in [0.1, 0.15) is 25.5 Å². The molecule has 0 saturated heterocycles. The van der Waals surface area contributed by atoms with Crippen molar-refractivity contribution < 1.29 is 4.79 Å². The Morgan fingerprint density at radius 1 is 1.57 bits per heavy atom. The maximum absolute atomic E-state index is 11.3. The van der Waals surface area contributed by atoms with Gasteiger partial charge in [0.15, 0.2) is 0 Å². The van der Waals surface area contributed by atoms with E-state index in [4.69, 9.17) is 0 Å². The van der Waals surface area contributed by atoms with Crippen LogP contribution in [0.5, 0.6) is 0 Å². The summed E-state index contributed by atoms with van der Waals surface area (Å²) in [5.41, 5.74) is 1.02. The summed E-state index contributed by atoms with van der Waals surface area (Å²) in [6, 6.07) is 1.79. The zero-order valence-corrected chi connectivity index (χ0v) is 9.68. The predicted octanol–water partition coefficient (Wildman–Crippen LogP) is 2.36. The highest BCUT2D eigenvalue weighted by molar-refractivity contribution is 7.10. The number of nitrogens with one attached hydrogen (secondary N) is 1. The van der Waals surface area contributed by atoms with Gasteiger partial charge < -0.3 is 4.90 Å². The molecule has 0 radical (unpaired) electrons. The highest BCUT2D eigenvalue weighted by atomic mass is 32.1. The van der Waals surface area contributed by atoms with E-state index in [-0.39, 0.29) is 6.03 Å². The molecule has 0 atom stereocenters. The van der Waals surface area contributed by atoms with E-state index in [9.17, 15) is 4.79 Å². The molecule has 78 valence electrons. The molecule has 5 heteroatoms. The van der Waals surface area contributed by atoms with Gasteiger partial charge in [-0.1, -0.05) is 13.8 Å². The number of rotatable bonds is 2. The molecule has 0 unspecified atom stereocenters. The average Bonchev–Trinajstić information content (AvgIpc) is 2.52. The number of hydrogen-bond acceptors (Lipinski definition) is 3. The molecule has 0 aliphatic heterocycles. The van der Waals surface area contributed by atoms with Crippen LogP contribution in [0.4, 0.5) is 9.80 Å². The molecular weight excluding hydrogens is 198 g/mol. The zero-order chi connectivity index (χ0) is 10.7. The molecule has 1 N–H and O–H groups in total. The van der Waals surface area contributed by atoms with Gasteiger partial charge >= 0.3 is 6.03 Å². The summed E-state index contributed by atoms with van der Waals surface area (Å²) in [5.74, 6) is 0.399. The second kappa shape index (κ2) is 4.41. The Bertz CT molecular complexity index is 320. The van der Waals surface area contributed by atoms with Crippen molar-refractivity contribution in [3.63, 3.8) is 0 Å². The maximum atomic E-state index is 11.3. The van der Waals surface area contributed by atoms with E-state index in [0.717, 1.165) is 10.7 Å². The Balaban J connectivity index is 2.64. The summed E-state index contributed by atoms with van der Waals surface area (Å²) in [4.78, 5) is 12.8. The Hall–Kier alpha value is -1.10. The lowest BCUT2D eigenvalue weighted by atomic mass is 10.1. The van der Waals surface area contributed by atoms with Crippen LogP contribution in [0.2, 0.25) is 0 Å². The molecule has 0 bridgehead atoms. The number of aromatic nitrogens is 1. The molecule has 0 aliphatic rings. The molecular formula is C9H15N3OS. The second-order valence-electron chi connectivity index (χ2n) is 3.60. The Labute approximate surface area is 88.1 Å². The van der Waals surface area contributed by atoms with E-state index in [2.05, 4.69) is 23.5 Å². The molecule has 0 aromatic carbocycles. The summed E-state index contributed by atoms with van der Waals surface area (Å²) >= 11 is 1.32. The third-order valence-electron chi connectivity index (χ3n) is 1.76. The zero-order valence-electron chi connectivity index (χ0n) is 8.87. The number of anilines is 1. The van der Waals surface area contributed by atoms with Crippen LogP contribution < -0.4 is 5.32 Å². The van der Waals surface area contributed by atoms with Crippen molar-refractivity contribution in [2.24, 2.45) is 0 Å². The molecule has 1 rings (SSSR count). The van der Waals surface area contributed by atoms with Crippen molar-refractivity contribution in [3.8, 4) is 0 Å². The van der Waals surface area contributed by atoms with Crippen LogP contribution in [0.15, 0.2) is 6.07 Å². The van der Waals surface area contributed by atoms with Crippen LogP contribution >= 0.6 is 11.5 Å². The van der Waals surface area contributed by atoms with Gasteiger partial charge in [-0.05, 0) is 23.5 Å². The molecule has 14 heavy (non-hydrogen) atoms. The minimum absolute atomic E-state index is 0.121. The van der Waals surface area contributed by atoms with Gasteiger partial charge in [-0.2, -0.15) is 4.37 Å². The number of urea groups is 1. The largest absolute Gasteiger partial charge is 0.331 e.